The first-order valence-corrected chi connectivity index (χ1v) is 10.1. The Bertz CT molecular complexity index is 738. The van der Waals surface area contributed by atoms with Crippen molar-refractivity contribution >= 4 is 34.3 Å². The molecule has 1 N–H and O–H groups in total. The lowest BCUT2D eigenvalue weighted by atomic mass is 9.78. The summed E-state index contributed by atoms with van der Waals surface area (Å²) in [6.45, 7) is 8.81. The number of amides is 2. The molecular formula is C18H26N4O4S. The van der Waals surface area contributed by atoms with Crippen molar-refractivity contribution < 1.29 is 19.1 Å². The number of hydrogen-bond donors (Lipinski definition) is 1. The van der Waals surface area contributed by atoms with Gasteiger partial charge in [-0.1, -0.05) is 25.2 Å². The van der Waals surface area contributed by atoms with Crippen molar-refractivity contribution in [3.63, 3.8) is 0 Å². The van der Waals surface area contributed by atoms with Crippen molar-refractivity contribution in [1.82, 2.24) is 14.8 Å². The molecule has 0 unspecified atom stereocenters. The minimum Gasteiger partial charge on any atom is -0.450 e. The van der Waals surface area contributed by atoms with Crippen LogP contribution in [0.25, 0.3) is 0 Å². The van der Waals surface area contributed by atoms with Crippen molar-refractivity contribution in [3.05, 3.63) is 10.6 Å². The molecule has 1 aliphatic carbocycles. The first-order chi connectivity index (χ1) is 12.8. The van der Waals surface area contributed by atoms with Crippen LogP contribution in [0.4, 0.5) is 9.93 Å². The summed E-state index contributed by atoms with van der Waals surface area (Å²) in [5.41, 5.74) is 0.706. The highest BCUT2D eigenvalue weighted by atomic mass is 32.1. The van der Waals surface area contributed by atoms with Gasteiger partial charge in [0.2, 0.25) is 5.91 Å². The number of ether oxygens (including phenoxy) is 1. The molecule has 0 aromatic carbocycles. The summed E-state index contributed by atoms with van der Waals surface area (Å²) in [5, 5.41) is 3.31. The van der Waals surface area contributed by atoms with Gasteiger partial charge in [-0.2, -0.15) is 0 Å². The van der Waals surface area contributed by atoms with Crippen LogP contribution in [-0.2, 0) is 16.0 Å². The Morgan fingerprint density at radius 1 is 1.22 bits per heavy atom. The number of nitrogens with zero attached hydrogens (tertiary/aromatic N) is 3. The van der Waals surface area contributed by atoms with E-state index in [1.54, 1.807) is 11.8 Å². The smallest absolute Gasteiger partial charge is 0.409 e. The minimum atomic E-state index is -0.303. The summed E-state index contributed by atoms with van der Waals surface area (Å²) in [4.78, 5) is 45.1. The van der Waals surface area contributed by atoms with E-state index in [0.29, 0.717) is 49.2 Å². The summed E-state index contributed by atoms with van der Waals surface area (Å²) in [6.07, 6.45) is 0.957. The highest BCUT2D eigenvalue weighted by Crippen LogP contribution is 2.38. The third-order valence-corrected chi connectivity index (χ3v) is 5.80. The molecule has 0 radical (unpaired) electrons. The molecule has 8 nitrogen and oxygen atoms in total. The van der Waals surface area contributed by atoms with E-state index in [4.69, 9.17) is 4.74 Å². The normalized spacial score (nSPS) is 19.5. The Hall–Kier alpha value is -2.00. The van der Waals surface area contributed by atoms with Crippen LogP contribution in [0.15, 0.2) is 0 Å². The van der Waals surface area contributed by atoms with Crippen molar-refractivity contribution in [2.24, 2.45) is 5.41 Å². The molecular weight excluding hydrogens is 368 g/mol. The van der Waals surface area contributed by atoms with Gasteiger partial charge in [0.15, 0.2) is 10.9 Å². The summed E-state index contributed by atoms with van der Waals surface area (Å²) < 4.78 is 4.99. The molecule has 1 aromatic rings. The SMILES string of the molecule is CCOC(=O)N1CCN(CC(=O)Nc2nc3c(s2)C(=O)CC(C)(C)C3)CC1. The van der Waals surface area contributed by atoms with Crippen LogP contribution in [0, 0.1) is 5.41 Å². The summed E-state index contributed by atoms with van der Waals surface area (Å²) in [6, 6.07) is 0. The Morgan fingerprint density at radius 2 is 1.93 bits per heavy atom. The molecule has 2 aliphatic rings. The molecule has 1 aliphatic heterocycles. The average molecular weight is 394 g/mol. The van der Waals surface area contributed by atoms with Crippen LogP contribution in [0.5, 0.6) is 0 Å². The molecule has 1 saturated heterocycles. The molecule has 3 rings (SSSR count). The number of Topliss-reactive ketones (excluding diaryl/α,β-unsaturated/α-hetero) is 1. The van der Waals surface area contributed by atoms with Gasteiger partial charge in [-0.15, -0.1) is 0 Å². The van der Waals surface area contributed by atoms with Gasteiger partial charge >= 0.3 is 6.09 Å². The predicted octanol–water partition coefficient (Wildman–Crippen LogP) is 2.01. The van der Waals surface area contributed by atoms with E-state index in [9.17, 15) is 14.4 Å². The van der Waals surface area contributed by atoms with Crippen LogP contribution >= 0.6 is 11.3 Å². The van der Waals surface area contributed by atoms with E-state index in [2.05, 4.69) is 24.1 Å². The zero-order valence-electron chi connectivity index (χ0n) is 16.0. The molecule has 2 heterocycles. The Kier molecular flexibility index (Phi) is 5.81. The van der Waals surface area contributed by atoms with E-state index in [1.807, 2.05) is 4.90 Å². The zero-order valence-corrected chi connectivity index (χ0v) is 16.9. The van der Waals surface area contributed by atoms with Crippen LogP contribution < -0.4 is 5.32 Å². The van der Waals surface area contributed by atoms with Gasteiger partial charge in [0.25, 0.3) is 0 Å². The molecule has 0 bridgehead atoms. The maximum atomic E-state index is 12.3. The Morgan fingerprint density at radius 3 is 2.59 bits per heavy atom. The number of carbonyl (C=O) groups is 3. The Labute approximate surface area is 162 Å². The quantitative estimate of drug-likeness (QED) is 0.840. The number of hydrogen-bond acceptors (Lipinski definition) is 7. The topological polar surface area (TPSA) is 91.8 Å². The molecule has 0 atom stereocenters. The number of anilines is 1. The van der Waals surface area contributed by atoms with Crippen LogP contribution in [-0.4, -0.2) is 71.9 Å². The van der Waals surface area contributed by atoms with E-state index < -0.39 is 0 Å². The third kappa shape index (κ3) is 4.84. The lowest BCUT2D eigenvalue weighted by molar-refractivity contribution is -0.117. The van der Waals surface area contributed by atoms with Gasteiger partial charge in [-0.05, 0) is 18.8 Å². The van der Waals surface area contributed by atoms with Crippen LogP contribution in [0.1, 0.15) is 42.6 Å². The van der Waals surface area contributed by atoms with E-state index in [1.165, 1.54) is 11.3 Å². The van der Waals surface area contributed by atoms with Gasteiger partial charge in [0.05, 0.1) is 23.7 Å². The molecule has 27 heavy (non-hydrogen) atoms. The van der Waals surface area contributed by atoms with Crippen molar-refractivity contribution in [2.45, 2.75) is 33.6 Å². The van der Waals surface area contributed by atoms with Crippen molar-refractivity contribution in [3.8, 4) is 0 Å². The van der Waals surface area contributed by atoms with Crippen LogP contribution in [0.3, 0.4) is 0 Å². The second-order valence-corrected chi connectivity index (χ2v) is 8.75. The second kappa shape index (κ2) is 7.93. The molecule has 9 heteroatoms. The maximum Gasteiger partial charge on any atom is 0.409 e. The summed E-state index contributed by atoms with van der Waals surface area (Å²) in [7, 11) is 0. The van der Waals surface area contributed by atoms with Crippen molar-refractivity contribution in [2.75, 3.05) is 44.6 Å². The van der Waals surface area contributed by atoms with E-state index in [-0.39, 0.29) is 29.7 Å². The molecule has 0 spiro atoms. The zero-order chi connectivity index (χ0) is 19.6. The number of nitrogens with one attached hydrogen (secondary N) is 1. The number of rotatable bonds is 4. The number of aromatic nitrogens is 1. The largest absolute Gasteiger partial charge is 0.450 e. The fraction of sp³-hybridized carbons (Fsp3) is 0.667. The first-order valence-electron chi connectivity index (χ1n) is 9.24. The van der Waals surface area contributed by atoms with Gasteiger partial charge in [-0.3, -0.25) is 14.5 Å². The maximum absolute atomic E-state index is 12.3. The summed E-state index contributed by atoms with van der Waals surface area (Å²) in [5.74, 6) is -0.0493. The Balaban J connectivity index is 1.51. The monoisotopic (exact) mass is 394 g/mol. The molecule has 148 valence electrons. The minimum absolute atomic E-state index is 0.0853. The number of fused-ring (bicyclic) bond motifs is 1. The molecule has 0 saturated carbocycles. The van der Waals surface area contributed by atoms with Crippen LogP contribution in [0.2, 0.25) is 0 Å². The number of piperazine rings is 1. The van der Waals surface area contributed by atoms with Gasteiger partial charge in [-0.25, -0.2) is 9.78 Å². The lowest BCUT2D eigenvalue weighted by Gasteiger charge is -2.33. The van der Waals surface area contributed by atoms with Gasteiger partial charge < -0.3 is 15.0 Å². The number of thiazole rings is 1. The highest BCUT2D eigenvalue weighted by molar-refractivity contribution is 7.17. The lowest BCUT2D eigenvalue weighted by Crippen LogP contribution is -2.50. The number of carbonyl (C=O) groups excluding carboxylic acids is 3. The standard InChI is InChI=1S/C18H26N4O4S/c1-4-26-17(25)22-7-5-21(6-8-22)11-14(24)20-16-19-12-9-18(2,3)10-13(23)15(12)27-16/h4-11H2,1-3H3,(H,19,20,24). The van der Waals surface area contributed by atoms with Crippen molar-refractivity contribution in [1.29, 1.82) is 0 Å². The molecule has 2 amide bonds. The highest BCUT2D eigenvalue weighted by Gasteiger charge is 2.34. The molecule has 1 aromatic heterocycles. The average Bonchev–Trinajstić information content (AvgIpc) is 2.96. The second-order valence-electron chi connectivity index (χ2n) is 7.75. The third-order valence-electron chi connectivity index (χ3n) is 4.75. The van der Waals surface area contributed by atoms with Gasteiger partial charge in [0, 0.05) is 32.6 Å². The number of ketones is 1. The summed E-state index contributed by atoms with van der Waals surface area (Å²) >= 11 is 1.26. The fourth-order valence-electron chi connectivity index (χ4n) is 3.44. The fourth-order valence-corrected chi connectivity index (χ4v) is 4.37. The predicted molar refractivity (Wildman–Crippen MR) is 102 cm³/mol. The first kappa shape index (κ1) is 19.8. The van der Waals surface area contributed by atoms with E-state index >= 15 is 0 Å². The van der Waals surface area contributed by atoms with Gasteiger partial charge in [0.1, 0.15) is 0 Å². The molecule has 1 fully saturated rings. The van der Waals surface area contributed by atoms with E-state index in [0.717, 1.165) is 12.1 Å².